The Balaban J connectivity index is 1.64. The van der Waals surface area contributed by atoms with E-state index in [0.29, 0.717) is 41.9 Å². The smallest absolute Gasteiger partial charge is 0.208 e. The first-order chi connectivity index (χ1) is 14.8. The van der Waals surface area contributed by atoms with Crippen molar-refractivity contribution < 1.29 is 18.3 Å². The van der Waals surface area contributed by atoms with Crippen molar-refractivity contribution in [3.05, 3.63) is 0 Å². The van der Waals surface area contributed by atoms with Crippen molar-refractivity contribution >= 4 is 15.8 Å². The number of rotatable bonds is 6. The molecule has 10 atom stereocenters. The van der Waals surface area contributed by atoms with Gasteiger partial charge in [-0.3, -0.25) is 0 Å². The molecule has 4 aliphatic rings. The first kappa shape index (κ1) is 24.7. The normalized spacial score (nSPS) is 47.2. The van der Waals surface area contributed by atoms with Gasteiger partial charge in [0.1, 0.15) is 5.78 Å². The number of hydrogen-bond donors (Lipinski definition) is 2. The van der Waals surface area contributed by atoms with E-state index in [1.165, 1.54) is 31.9 Å². The average molecular weight is 468 g/mol. The summed E-state index contributed by atoms with van der Waals surface area (Å²) in [6, 6.07) is -0.0192. The van der Waals surface area contributed by atoms with Crippen molar-refractivity contribution in [2.24, 2.45) is 46.3 Å². The van der Waals surface area contributed by atoms with E-state index < -0.39 is 10.0 Å². The van der Waals surface area contributed by atoms with Crippen LogP contribution in [0.25, 0.3) is 0 Å². The number of Topliss-reactive ketones (excluding diaryl/α,β-unsaturated/α-hetero) is 1. The third-order valence-electron chi connectivity index (χ3n) is 10.8. The quantitative estimate of drug-likeness (QED) is 0.601. The lowest BCUT2D eigenvalue weighted by Crippen LogP contribution is -2.62. The van der Waals surface area contributed by atoms with Crippen LogP contribution in [0.4, 0.5) is 0 Å². The van der Waals surface area contributed by atoms with Crippen LogP contribution in [0.5, 0.6) is 0 Å². The molecule has 0 saturated heterocycles. The van der Waals surface area contributed by atoms with Gasteiger partial charge in [0, 0.05) is 12.5 Å². The van der Waals surface area contributed by atoms with Gasteiger partial charge in [0.05, 0.1) is 12.4 Å². The fourth-order valence-corrected chi connectivity index (χ4v) is 10.1. The van der Waals surface area contributed by atoms with Gasteiger partial charge in [0.2, 0.25) is 10.0 Å². The second kappa shape index (κ2) is 8.64. The molecule has 5 unspecified atom stereocenters. The fraction of sp³-hybridized carbons (Fsp3) is 0.962. The Morgan fingerprint density at radius 3 is 2.38 bits per heavy atom. The zero-order valence-electron chi connectivity index (χ0n) is 20.8. The van der Waals surface area contributed by atoms with Crippen LogP contribution < -0.4 is 4.72 Å². The van der Waals surface area contributed by atoms with Crippen molar-refractivity contribution in [1.82, 2.24) is 4.72 Å². The number of sulfonamides is 1. The number of nitrogens with one attached hydrogen (secondary N) is 1. The van der Waals surface area contributed by atoms with Crippen molar-refractivity contribution in [1.29, 1.82) is 0 Å². The largest absolute Gasteiger partial charge is 0.393 e. The number of fused-ring (bicyclic) bond motifs is 5. The second-order valence-corrected chi connectivity index (χ2v) is 14.4. The Hall–Kier alpha value is -0.460. The van der Waals surface area contributed by atoms with Gasteiger partial charge >= 0.3 is 0 Å². The molecule has 0 aromatic carbocycles. The summed E-state index contributed by atoms with van der Waals surface area (Å²) in [6.07, 6.45) is 11.1. The van der Waals surface area contributed by atoms with E-state index in [1.54, 1.807) is 6.92 Å². The minimum absolute atomic E-state index is 0.0192. The molecule has 0 amide bonds. The first-order valence-corrected chi connectivity index (χ1v) is 14.9. The zero-order chi connectivity index (χ0) is 23.5. The zero-order valence-corrected chi connectivity index (χ0v) is 21.6. The van der Waals surface area contributed by atoms with Crippen LogP contribution in [0.3, 0.4) is 0 Å². The average Bonchev–Trinajstić information content (AvgIpc) is 3.03. The van der Waals surface area contributed by atoms with Crippen molar-refractivity contribution in [3.63, 3.8) is 0 Å². The molecule has 0 aromatic rings. The van der Waals surface area contributed by atoms with Gasteiger partial charge in [0.15, 0.2) is 0 Å². The predicted molar refractivity (Wildman–Crippen MR) is 127 cm³/mol. The summed E-state index contributed by atoms with van der Waals surface area (Å²) in [5, 5.41) is 10.4. The van der Waals surface area contributed by atoms with Crippen LogP contribution in [0.15, 0.2) is 0 Å². The van der Waals surface area contributed by atoms with Crippen molar-refractivity contribution in [3.8, 4) is 0 Å². The molecule has 6 heteroatoms. The second-order valence-electron chi connectivity index (χ2n) is 12.6. The molecule has 0 radical (unpaired) electrons. The van der Waals surface area contributed by atoms with Crippen molar-refractivity contribution in [2.75, 3.05) is 6.26 Å². The molecule has 4 aliphatic carbocycles. The van der Waals surface area contributed by atoms with Gasteiger partial charge in [0.25, 0.3) is 0 Å². The van der Waals surface area contributed by atoms with E-state index >= 15 is 0 Å². The maximum atomic E-state index is 12.4. The number of carbonyl (C=O) groups excluding carboxylic acids is 1. The van der Waals surface area contributed by atoms with Gasteiger partial charge in [-0.15, -0.1) is 0 Å². The summed E-state index contributed by atoms with van der Waals surface area (Å²) in [6.45, 7) is 8.95. The molecule has 0 aromatic heterocycles. The van der Waals surface area contributed by atoms with Gasteiger partial charge in [-0.2, -0.15) is 0 Å². The lowest BCUT2D eigenvalue weighted by molar-refractivity contribution is -0.139. The number of ketones is 1. The number of aliphatic hydroxyl groups is 1. The highest BCUT2D eigenvalue weighted by molar-refractivity contribution is 7.88. The molecule has 0 heterocycles. The Morgan fingerprint density at radius 1 is 1.06 bits per heavy atom. The van der Waals surface area contributed by atoms with Crippen LogP contribution in [0, 0.1) is 46.3 Å². The van der Waals surface area contributed by atoms with Crippen LogP contribution in [-0.4, -0.2) is 37.7 Å². The third kappa shape index (κ3) is 4.33. The maximum absolute atomic E-state index is 12.4. The monoisotopic (exact) mass is 467 g/mol. The van der Waals surface area contributed by atoms with Gasteiger partial charge in [-0.25, -0.2) is 13.1 Å². The van der Waals surface area contributed by atoms with Crippen LogP contribution in [-0.2, 0) is 14.8 Å². The Bertz CT molecular complexity index is 828. The van der Waals surface area contributed by atoms with Crippen LogP contribution >= 0.6 is 0 Å². The minimum Gasteiger partial charge on any atom is -0.393 e. The third-order valence-corrected chi connectivity index (χ3v) is 11.5. The lowest BCUT2D eigenvalue weighted by atomic mass is 9.43. The summed E-state index contributed by atoms with van der Waals surface area (Å²) < 4.78 is 27.8. The molecule has 4 saturated carbocycles. The summed E-state index contributed by atoms with van der Waals surface area (Å²) in [5.41, 5.74) is 0.436. The van der Waals surface area contributed by atoms with Crippen LogP contribution in [0.2, 0.25) is 0 Å². The summed E-state index contributed by atoms with van der Waals surface area (Å²) >= 11 is 0. The number of carbonyl (C=O) groups is 1. The summed E-state index contributed by atoms with van der Waals surface area (Å²) in [5.74, 6) is 3.26. The van der Waals surface area contributed by atoms with E-state index in [0.717, 1.165) is 32.1 Å². The van der Waals surface area contributed by atoms with Gasteiger partial charge < -0.3 is 9.90 Å². The highest BCUT2D eigenvalue weighted by atomic mass is 32.2. The molecule has 5 nitrogen and oxygen atoms in total. The number of aliphatic hydroxyl groups excluding tert-OH is 1. The molecule has 184 valence electrons. The maximum Gasteiger partial charge on any atom is 0.208 e. The molecule has 4 rings (SSSR count). The molecule has 0 aliphatic heterocycles. The first-order valence-electron chi connectivity index (χ1n) is 13.0. The molecule has 2 N–H and O–H groups in total. The Kier molecular flexibility index (Phi) is 6.66. The Morgan fingerprint density at radius 2 is 1.72 bits per heavy atom. The topological polar surface area (TPSA) is 83.5 Å². The highest BCUT2D eigenvalue weighted by Crippen LogP contribution is 2.68. The van der Waals surface area contributed by atoms with E-state index in [9.17, 15) is 18.3 Å². The van der Waals surface area contributed by atoms with E-state index in [2.05, 4.69) is 25.5 Å². The van der Waals surface area contributed by atoms with Gasteiger partial charge in [-0.1, -0.05) is 20.8 Å². The predicted octanol–water partition coefficient (Wildman–Crippen LogP) is 4.54. The molecular formula is C26H45NO4S. The number of hydrogen-bond acceptors (Lipinski definition) is 4. The van der Waals surface area contributed by atoms with Crippen molar-refractivity contribution in [2.45, 2.75) is 104 Å². The van der Waals surface area contributed by atoms with E-state index in [4.69, 9.17) is 0 Å². The van der Waals surface area contributed by atoms with E-state index in [-0.39, 0.29) is 28.8 Å². The summed E-state index contributed by atoms with van der Waals surface area (Å²) in [7, 11) is -3.29. The highest BCUT2D eigenvalue weighted by Gasteiger charge is 2.63. The Labute approximate surface area is 195 Å². The molecule has 0 spiro atoms. The summed E-state index contributed by atoms with van der Waals surface area (Å²) in [4.78, 5) is 11.6. The molecule has 4 fully saturated rings. The SMILES string of the molecule is CC(=O)CC[C@@H](C)[C@H]1CCC2C3C(NS(C)(=O)=O)CC4C[C@H](O)CC[C@]4(C)C3CC[C@@]21C. The van der Waals surface area contributed by atoms with Gasteiger partial charge in [-0.05, 0) is 111 Å². The lowest BCUT2D eigenvalue weighted by Gasteiger charge is -2.63. The van der Waals surface area contributed by atoms with Crippen LogP contribution in [0.1, 0.15) is 91.9 Å². The van der Waals surface area contributed by atoms with E-state index in [1.807, 2.05) is 0 Å². The fourth-order valence-electron chi connectivity index (χ4n) is 9.25. The molecular weight excluding hydrogens is 422 g/mol. The molecule has 32 heavy (non-hydrogen) atoms. The molecule has 0 bridgehead atoms. The standard InChI is InChI=1S/C26H45NO4S/c1-16(6-7-17(2)28)20-8-9-21-24-22(11-13-26(20,21)4)25(3)12-10-19(29)14-18(25)15-23(24)27-32(5,30)31/h16,18-24,27,29H,6-15H2,1-5H3/t16-,18?,19-,20-,21?,22?,23?,24?,25+,26-/m1/s1. The minimum atomic E-state index is -3.29.